The third-order valence-electron chi connectivity index (χ3n) is 6.55. The van der Waals surface area contributed by atoms with Crippen LogP contribution in [0.3, 0.4) is 0 Å². The van der Waals surface area contributed by atoms with E-state index in [-0.39, 0.29) is 5.91 Å². The second-order valence-corrected chi connectivity index (χ2v) is 9.09. The third kappa shape index (κ3) is 4.48. The average Bonchev–Trinajstić information content (AvgIpc) is 3.59. The molecule has 168 valence electrons. The Bertz CT molecular complexity index is 1110. The standard InChI is InChI=1S/C25H31N5O2/c1-17-5-3-6-20(15-17)30-13-11-29(12-14-30)10-4-9-26-24(31)21-16-22(19-7-8-19)27-25-23(21)18(2)28-32-25/h3,5-6,15-16,19H,4,7-14H2,1-2H3,(H,26,31). The Balaban J connectivity index is 1.12. The molecule has 0 unspecified atom stereocenters. The predicted molar refractivity (Wildman–Crippen MR) is 125 cm³/mol. The van der Waals surface area contributed by atoms with Crippen LogP contribution in [-0.2, 0) is 0 Å². The van der Waals surface area contributed by atoms with Crippen molar-refractivity contribution in [2.45, 2.75) is 39.0 Å². The molecule has 0 radical (unpaired) electrons. The number of carbonyl (C=O) groups is 1. The first-order valence-corrected chi connectivity index (χ1v) is 11.7. The van der Waals surface area contributed by atoms with E-state index >= 15 is 0 Å². The summed E-state index contributed by atoms with van der Waals surface area (Å²) in [6, 6.07) is 10.7. The van der Waals surface area contributed by atoms with E-state index in [9.17, 15) is 4.79 Å². The Morgan fingerprint density at radius 1 is 1.16 bits per heavy atom. The molecule has 0 atom stereocenters. The molecule has 7 heteroatoms. The summed E-state index contributed by atoms with van der Waals surface area (Å²) in [6.07, 6.45) is 3.19. The Morgan fingerprint density at radius 3 is 2.72 bits per heavy atom. The molecule has 5 rings (SSSR count). The van der Waals surface area contributed by atoms with E-state index in [4.69, 9.17) is 4.52 Å². The Hall–Kier alpha value is -2.93. The smallest absolute Gasteiger partial charge is 0.259 e. The zero-order valence-corrected chi connectivity index (χ0v) is 18.9. The highest BCUT2D eigenvalue weighted by molar-refractivity contribution is 6.06. The lowest BCUT2D eigenvalue weighted by Crippen LogP contribution is -2.47. The number of hydrogen-bond donors (Lipinski definition) is 1. The first-order valence-electron chi connectivity index (χ1n) is 11.7. The van der Waals surface area contributed by atoms with E-state index in [1.165, 1.54) is 11.3 Å². The summed E-state index contributed by atoms with van der Waals surface area (Å²) in [4.78, 5) is 22.5. The van der Waals surface area contributed by atoms with Crippen molar-refractivity contribution in [3.8, 4) is 0 Å². The number of anilines is 1. The van der Waals surface area contributed by atoms with Crippen molar-refractivity contribution in [2.24, 2.45) is 0 Å². The van der Waals surface area contributed by atoms with Gasteiger partial charge in [-0.3, -0.25) is 9.69 Å². The molecule has 2 aliphatic rings. The molecule has 2 fully saturated rings. The number of rotatable bonds is 7. The third-order valence-corrected chi connectivity index (χ3v) is 6.55. The van der Waals surface area contributed by atoms with Gasteiger partial charge < -0.3 is 14.7 Å². The quantitative estimate of drug-likeness (QED) is 0.573. The molecular formula is C25H31N5O2. The summed E-state index contributed by atoms with van der Waals surface area (Å²) in [5.41, 5.74) is 5.40. The monoisotopic (exact) mass is 433 g/mol. The maximum Gasteiger partial charge on any atom is 0.259 e. The molecule has 1 saturated heterocycles. The summed E-state index contributed by atoms with van der Waals surface area (Å²) in [5.74, 6) is 0.393. The minimum atomic E-state index is -0.0603. The highest BCUT2D eigenvalue weighted by Crippen LogP contribution is 2.40. The predicted octanol–water partition coefficient (Wildman–Crippen LogP) is 3.66. The van der Waals surface area contributed by atoms with Gasteiger partial charge in [0.05, 0.1) is 16.6 Å². The minimum absolute atomic E-state index is 0.0603. The largest absolute Gasteiger partial charge is 0.369 e. The molecule has 2 aromatic heterocycles. The molecule has 1 amide bonds. The number of carbonyl (C=O) groups excluding carboxylic acids is 1. The van der Waals surface area contributed by atoms with E-state index in [1.54, 1.807) is 0 Å². The van der Waals surface area contributed by atoms with Crippen LogP contribution in [0, 0.1) is 13.8 Å². The molecule has 32 heavy (non-hydrogen) atoms. The summed E-state index contributed by atoms with van der Waals surface area (Å²) in [7, 11) is 0. The van der Waals surface area contributed by atoms with E-state index in [0.29, 0.717) is 29.4 Å². The Morgan fingerprint density at radius 2 is 1.97 bits per heavy atom. The van der Waals surface area contributed by atoms with Crippen LogP contribution in [0.5, 0.6) is 0 Å². The number of nitrogens with zero attached hydrogens (tertiary/aromatic N) is 4. The summed E-state index contributed by atoms with van der Waals surface area (Å²) in [5, 5.41) is 7.86. The highest BCUT2D eigenvalue weighted by Gasteiger charge is 2.28. The molecular weight excluding hydrogens is 402 g/mol. The Kier molecular flexibility index (Phi) is 5.83. The average molecular weight is 434 g/mol. The van der Waals surface area contributed by atoms with Crippen LogP contribution < -0.4 is 10.2 Å². The number of piperazine rings is 1. The van der Waals surface area contributed by atoms with Crippen LogP contribution in [0.1, 0.15) is 52.5 Å². The lowest BCUT2D eigenvalue weighted by Gasteiger charge is -2.36. The summed E-state index contributed by atoms with van der Waals surface area (Å²) >= 11 is 0. The van der Waals surface area contributed by atoms with Gasteiger partial charge in [-0.05, 0) is 63.4 Å². The zero-order valence-electron chi connectivity index (χ0n) is 18.9. The number of benzene rings is 1. The summed E-state index contributed by atoms with van der Waals surface area (Å²) in [6.45, 7) is 9.84. The van der Waals surface area contributed by atoms with Crippen molar-refractivity contribution in [3.05, 3.63) is 52.8 Å². The van der Waals surface area contributed by atoms with Crippen molar-refractivity contribution >= 4 is 22.7 Å². The van der Waals surface area contributed by atoms with Gasteiger partial charge in [0.2, 0.25) is 0 Å². The summed E-state index contributed by atoms with van der Waals surface area (Å²) < 4.78 is 5.36. The number of nitrogens with one attached hydrogen (secondary N) is 1. The van der Waals surface area contributed by atoms with E-state index in [0.717, 1.165) is 63.1 Å². The van der Waals surface area contributed by atoms with Crippen LogP contribution in [0.4, 0.5) is 5.69 Å². The van der Waals surface area contributed by atoms with Crippen molar-refractivity contribution < 1.29 is 9.32 Å². The minimum Gasteiger partial charge on any atom is -0.369 e. The van der Waals surface area contributed by atoms with Gasteiger partial charge in [-0.2, -0.15) is 0 Å². The first kappa shape index (κ1) is 20.9. The van der Waals surface area contributed by atoms with Crippen molar-refractivity contribution in [1.29, 1.82) is 0 Å². The lowest BCUT2D eigenvalue weighted by atomic mass is 10.1. The molecule has 1 saturated carbocycles. The second kappa shape index (κ2) is 8.90. The van der Waals surface area contributed by atoms with Gasteiger partial charge in [0.1, 0.15) is 0 Å². The number of aromatic nitrogens is 2. The zero-order chi connectivity index (χ0) is 22.1. The topological polar surface area (TPSA) is 74.5 Å². The fraction of sp³-hybridized carbons (Fsp3) is 0.480. The van der Waals surface area contributed by atoms with Gasteiger partial charge in [0, 0.05) is 50.0 Å². The lowest BCUT2D eigenvalue weighted by molar-refractivity contribution is 0.0953. The van der Waals surface area contributed by atoms with Gasteiger partial charge >= 0.3 is 0 Å². The number of hydrogen-bond acceptors (Lipinski definition) is 6. The fourth-order valence-electron chi connectivity index (χ4n) is 4.54. The van der Waals surface area contributed by atoms with Crippen molar-refractivity contribution in [2.75, 3.05) is 44.2 Å². The van der Waals surface area contributed by atoms with Crippen LogP contribution in [0.2, 0.25) is 0 Å². The number of fused-ring (bicyclic) bond motifs is 1. The fourth-order valence-corrected chi connectivity index (χ4v) is 4.54. The number of amides is 1. The number of pyridine rings is 1. The van der Waals surface area contributed by atoms with E-state index < -0.39 is 0 Å². The van der Waals surface area contributed by atoms with Gasteiger partial charge in [-0.15, -0.1) is 0 Å². The van der Waals surface area contributed by atoms with E-state index in [1.807, 2.05) is 13.0 Å². The van der Waals surface area contributed by atoms with Crippen LogP contribution in [-0.4, -0.2) is 60.2 Å². The molecule has 1 aliphatic carbocycles. The highest BCUT2D eigenvalue weighted by atomic mass is 16.5. The maximum atomic E-state index is 13.0. The van der Waals surface area contributed by atoms with Crippen molar-refractivity contribution in [1.82, 2.24) is 20.4 Å². The van der Waals surface area contributed by atoms with Crippen molar-refractivity contribution in [3.63, 3.8) is 0 Å². The number of aryl methyl sites for hydroxylation is 2. The molecule has 1 aromatic carbocycles. The second-order valence-electron chi connectivity index (χ2n) is 9.09. The van der Waals surface area contributed by atoms with Crippen LogP contribution in [0.15, 0.2) is 34.9 Å². The normalized spacial score (nSPS) is 17.1. The molecule has 1 aliphatic heterocycles. The Labute approximate surface area is 188 Å². The van der Waals surface area contributed by atoms with Crippen LogP contribution >= 0.6 is 0 Å². The van der Waals surface area contributed by atoms with Gasteiger partial charge in [-0.1, -0.05) is 17.3 Å². The van der Waals surface area contributed by atoms with Gasteiger partial charge in [0.15, 0.2) is 0 Å². The molecule has 1 N–H and O–H groups in total. The van der Waals surface area contributed by atoms with Gasteiger partial charge in [0.25, 0.3) is 11.6 Å². The van der Waals surface area contributed by atoms with E-state index in [2.05, 4.69) is 56.4 Å². The first-order chi connectivity index (χ1) is 15.6. The SMILES string of the molecule is Cc1cccc(N2CCN(CCCNC(=O)c3cc(C4CC4)nc4onc(C)c34)CC2)c1. The van der Waals surface area contributed by atoms with Gasteiger partial charge in [-0.25, -0.2) is 4.98 Å². The maximum absolute atomic E-state index is 13.0. The van der Waals surface area contributed by atoms with Crippen LogP contribution in [0.25, 0.3) is 11.1 Å². The molecule has 0 bridgehead atoms. The molecule has 3 aromatic rings. The molecule has 3 heterocycles. The molecule has 7 nitrogen and oxygen atoms in total. The molecule has 0 spiro atoms.